The summed E-state index contributed by atoms with van der Waals surface area (Å²) in [6.45, 7) is 2.39. The Morgan fingerprint density at radius 3 is 2.64 bits per heavy atom. The zero-order valence-corrected chi connectivity index (χ0v) is 14.8. The third-order valence-electron chi connectivity index (χ3n) is 5.00. The maximum Gasteiger partial charge on any atom is 0.421 e. The van der Waals surface area contributed by atoms with Crippen LogP contribution < -0.4 is 4.72 Å². The van der Waals surface area contributed by atoms with Crippen LogP contribution in [0.5, 0.6) is 0 Å². The molecule has 0 radical (unpaired) electrons. The van der Waals surface area contributed by atoms with Crippen molar-refractivity contribution in [2.24, 2.45) is 5.92 Å². The maximum atomic E-state index is 12.9. The fraction of sp³-hybridized carbons (Fsp3) is 0.588. The van der Waals surface area contributed by atoms with Crippen molar-refractivity contribution >= 4 is 16.1 Å². The van der Waals surface area contributed by atoms with Gasteiger partial charge in [0.15, 0.2) is 0 Å². The first-order valence-electron chi connectivity index (χ1n) is 8.65. The lowest BCUT2D eigenvalue weighted by molar-refractivity contribution is 0.0245. The van der Waals surface area contributed by atoms with E-state index in [0.717, 1.165) is 56.6 Å². The van der Waals surface area contributed by atoms with E-state index < -0.39 is 21.9 Å². The molecule has 0 spiro atoms. The summed E-state index contributed by atoms with van der Waals surface area (Å²) in [6.07, 6.45) is 4.56. The smallest absolute Gasteiger partial charge is 0.421 e. The van der Waals surface area contributed by atoms with Crippen LogP contribution in [0.4, 0.5) is 9.18 Å². The van der Waals surface area contributed by atoms with Gasteiger partial charge in [0, 0.05) is 12.0 Å². The summed E-state index contributed by atoms with van der Waals surface area (Å²) in [5.74, 6) is -0.302. The van der Waals surface area contributed by atoms with Crippen LogP contribution in [-0.2, 0) is 14.8 Å². The molecule has 0 bridgehead atoms. The van der Waals surface area contributed by atoms with Crippen LogP contribution >= 0.6 is 0 Å². The summed E-state index contributed by atoms with van der Waals surface area (Å²) in [6, 6.07) is 4.68. The van der Waals surface area contributed by atoms with Gasteiger partial charge in [-0.3, -0.25) is 4.90 Å². The zero-order valence-electron chi connectivity index (χ0n) is 14.0. The molecule has 2 heterocycles. The average Bonchev–Trinajstić information content (AvgIpc) is 2.60. The second kappa shape index (κ2) is 7.70. The standard InChI is InChI=1S/C17H23FN2O4S/c18-14-6-8-15(9-7-14)25(22,23)19-17(21)24-12-13-4-3-11-20-10-2-1-5-16(13)20/h6-9,13,16H,1-5,10-12H2,(H,19,21)/t13-,16-/m0/s1. The maximum absolute atomic E-state index is 12.9. The molecule has 2 saturated heterocycles. The van der Waals surface area contributed by atoms with E-state index in [0.29, 0.717) is 6.04 Å². The van der Waals surface area contributed by atoms with Gasteiger partial charge in [-0.25, -0.2) is 22.3 Å². The molecule has 3 rings (SSSR count). The summed E-state index contributed by atoms with van der Waals surface area (Å²) in [4.78, 5) is 14.2. The van der Waals surface area contributed by atoms with E-state index >= 15 is 0 Å². The van der Waals surface area contributed by atoms with Crippen LogP contribution in [-0.4, -0.2) is 45.1 Å². The molecular weight excluding hydrogens is 347 g/mol. The number of fused-ring (bicyclic) bond motifs is 1. The Kier molecular flexibility index (Phi) is 5.58. The highest BCUT2D eigenvalue weighted by Crippen LogP contribution is 2.31. The molecule has 138 valence electrons. The molecule has 25 heavy (non-hydrogen) atoms. The van der Waals surface area contributed by atoms with Gasteiger partial charge in [0.25, 0.3) is 10.0 Å². The molecule has 2 atom stereocenters. The number of rotatable bonds is 4. The second-order valence-corrected chi connectivity index (χ2v) is 8.34. The molecule has 8 heteroatoms. The summed E-state index contributed by atoms with van der Waals surface area (Å²) < 4.78 is 44.1. The summed E-state index contributed by atoms with van der Waals surface area (Å²) in [5, 5.41) is 0. The summed E-state index contributed by atoms with van der Waals surface area (Å²) in [7, 11) is -4.05. The van der Waals surface area contributed by atoms with Crippen LogP contribution in [0.1, 0.15) is 32.1 Å². The Morgan fingerprint density at radius 2 is 1.88 bits per heavy atom. The second-order valence-electron chi connectivity index (χ2n) is 6.66. The quantitative estimate of drug-likeness (QED) is 0.881. The molecule has 2 aliphatic heterocycles. The first kappa shape index (κ1) is 18.1. The molecule has 2 aliphatic rings. The number of benzene rings is 1. The van der Waals surface area contributed by atoms with Crippen molar-refractivity contribution in [3.05, 3.63) is 30.1 Å². The van der Waals surface area contributed by atoms with E-state index in [4.69, 9.17) is 4.74 Å². The highest BCUT2D eigenvalue weighted by Gasteiger charge is 2.33. The lowest BCUT2D eigenvalue weighted by atomic mass is 9.84. The van der Waals surface area contributed by atoms with Gasteiger partial charge in [-0.15, -0.1) is 0 Å². The number of sulfonamides is 1. The minimum atomic E-state index is -4.05. The van der Waals surface area contributed by atoms with Crippen LogP contribution in [0, 0.1) is 11.7 Å². The van der Waals surface area contributed by atoms with E-state index in [-0.39, 0.29) is 17.4 Å². The molecule has 0 aromatic heterocycles. The lowest BCUT2D eigenvalue weighted by Crippen LogP contribution is -2.49. The number of ether oxygens (including phenoxy) is 1. The van der Waals surface area contributed by atoms with Crippen molar-refractivity contribution < 1.29 is 22.3 Å². The van der Waals surface area contributed by atoms with E-state index in [1.807, 2.05) is 4.72 Å². The molecule has 1 aromatic carbocycles. The topological polar surface area (TPSA) is 75.7 Å². The normalized spacial score (nSPS) is 24.4. The molecule has 1 amide bonds. The van der Waals surface area contributed by atoms with Gasteiger partial charge in [-0.05, 0) is 63.0 Å². The van der Waals surface area contributed by atoms with Crippen molar-refractivity contribution in [3.8, 4) is 0 Å². The van der Waals surface area contributed by atoms with Gasteiger partial charge in [0.05, 0.1) is 11.5 Å². The number of nitrogens with zero attached hydrogens (tertiary/aromatic N) is 1. The Labute approximate surface area is 147 Å². The Hall–Kier alpha value is -1.67. The number of hydrogen-bond donors (Lipinski definition) is 1. The number of amides is 1. The van der Waals surface area contributed by atoms with Gasteiger partial charge < -0.3 is 4.74 Å². The number of nitrogens with one attached hydrogen (secondary N) is 1. The fourth-order valence-corrected chi connectivity index (χ4v) is 4.66. The molecular formula is C17H23FN2O4S. The Balaban J connectivity index is 1.54. The van der Waals surface area contributed by atoms with Gasteiger partial charge in [-0.1, -0.05) is 6.42 Å². The van der Waals surface area contributed by atoms with Crippen LogP contribution in [0.15, 0.2) is 29.2 Å². The van der Waals surface area contributed by atoms with Crippen molar-refractivity contribution in [1.82, 2.24) is 9.62 Å². The van der Waals surface area contributed by atoms with E-state index in [2.05, 4.69) is 4.90 Å². The fourth-order valence-electron chi connectivity index (χ4n) is 3.77. The minimum absolute atomic E-state index is 0.179. The Morgan fingerprint density at radius 1 is 1.16 bits per heavy atom. The SMILES string of the molecule is O=C(NS(=O)(=O)c1ccc(F)cc1)OC[C@@H]1CCCN2CCCC[C@@H]12. The molecule has 2 fully saturated rings. The van der Waals surface area contributed by atoms with Gasteiger partial charge in [-0.2, -0.15) is 0 Å². The largest absolute Gasteiger partial charge is 0.448 e. The first-order valence-corrected chi connectivity index (χ1v) is 10.1. The number of halogens is 1. The zero-order chi connectivity index (χ0) is 17.9. The number of carbonyl (C=O) groups is 1. The van der Waals surface area contributed by atoms with Crippen molar-refractivity contribution in [1.29, 1.82) is 0 Å². The van der Waals surface area contributed by atoms with Crippen LogP contribution in [0.3, 0.4) is 0 Å². The van der Waals surface area contributed by atoms with Crippen LogP contribution in [0.25, 0.3) is 0 Å². The molecule has 0 saturated carbocycles. The van der Waals surface area contributed by atoms with Crippen LogP contribution in [0.2, 0.25) is 0 Å². The predicted molar refractivity (Wildman–Crippen MR) is 90.0 cm³/mol. The number of hydrogen-bond acceptors (Lipinski definition) is 5. The molecule has 1 aromatic rings. The number of carbonyl (C=O) groups excluding carboxylic acids is 1. The lowest BCUT2D eigenvalue weighted by Gasteiger charge is -2.44. The van der Waals surface area contributed by atoms with Gasteiger partial charge >= 0.3 is 6.09 Å². The predicted octanol–water partition coefficient (Wildman–Crippen LogP) is 2.51. The molecule has 1 N–H and O–H groups in total. The first-order chi connectivity index (χ1) is 12.0. The van der Waals surface area contributed by atoms with E-state index in [1.165, 1.54) is 12.8 Å². The van der Waals surface area contributed by atoms with Crippen molar-refractivity contribution in [2.75, 3.05) is 19.7 Å². The monoisotopic (exact) mass is 370 g/mol. The van der Waals surface area contributed by atoms with Gasteiger partial charge in [0.1, 0.15) is 5.82 Å². The molecule has 0 aliphatic carbocycles. The van der Waals surface area contributed by atoms with Crippen molar-refractivity contribution in [3.63, 3.8) is 0 Å². The van der Waals surface area contributed by atoms with Crippen molar-refractivity contribution in [2.45, 2.75) is 43.0 Å². The highest BCUT2D eigenvalue weighted by atomic mass is 32.2. The van der Waals surface area contributed by atoms with Gasteiger partial charge in [0.2, 0.25) is 0 Å². The third kappa shape index (κ3) is 4.49. The summed E-state index contributed by atoms with van der Waals surface area (Å²) in [5.41, 5.74) is 0. The molecule has 0 unspecified atom stereocenters. The number of piperidine rings is 2. The highest BCUT2D eigenvalue weighted by molar-refractivity contribution is 7.90. The van der Waals surface area contributed by atoms with E-state index in [1.54, 1.807) is 0 Å². The minimum Gasteiger partial charge on any atom is -0.448 e. The average molecular weight is 370 g/mol. The summed E-state index contributed by atoms with van der Waals surface area (Å²) >= 11 is 0. The third-order valence-corrected chi connectivity index (χ3v) is 6.33. The van der Waals surface area contributed by atoms with E-state index in [9.17, 15) is 17.6 Å². The Bertz CT molecular complexity index is 706. The molecule has 6 nitrogen and oxygen atoms in total.